The molecule has 1 aromatic rings. The topological polar surface area (TPSA) is 52.3 Å². The van der Waals surface area contributed by atoms with E-state index in [0.29, 0.717) is 0 Å². The molecule has 1 rings (SSSR count). The van der Waals surface area contributed by atoms with E-state index in [1.54, 1.807) is 0 Å². The van der Waals surface area contributed by atoms with Crippen LogP contribution in [0.15, 0.2) is 6.07 Å². The number of hydrogen-bond donors (Lipinski definition) is 1. The molecule has 0 heterocycles. The number of esters is 1. The van der Waals surface area contributed by atoms with Crippen LogP contribution in [-0.4, -0.2) is 13.1 Å². The Morgan fingerprint density at radius 3 is 2.00 bits per heavy atom. The van der Waals surface area contributed by atoms with Crippen molar-refractivity contribution in [2.75, 3.05) is 7.11 Å². The summed E-state index contributed by atoms with van der Waals surface area (Å²) in [7, 11) is 0.924. The minimum atomic E-state index is -1.92. The molecule has 0 unspecified atom stereocenters. The van der Waals surface area contributed by atoms with Gasteiger partial charge in [-0.1, -0.05) is 0 Å². The number of rotatable bonds is 2. The van der Waals surface area contributed by atoms with Crippen LogP contribution in [0.5, 0.6) is 0 Å². The van der Waals surface area contributed by atoms with Gasteiger partial charge in [0.2, 0.25) is 0 Å². The Kier molecular flexibility index (Phi) is 5.37. The lowest BCUT2D eigenvalue weighted by atomic mass is 10.1. The van der Waals surface area contributed by atoms with Gasteiger partial charge in [-0.05, 0) is 0 Å². The molecule has 0 aliphatic carbocycles. The fraction of sp³-hybridized carbons (Fsp3) is 0.222. The number of carbonyl (C=O) groups is 1. The van der Waals surface area contributed by atoms with Crippen LogP contribution in [0.1, 0.15) is 11.6 Å². The van der Waals surface area contributed by atoms with E-state index in [2.05, 4.69) is 4.74 Å². The van der Waals surface area contributed by atoms with Crippen LogP contribution in [0.4, 0.5) is 17.6 Å². The van der Waals surface area contributed by atoms with Gasteiger partial charge in [0, 0.05) is 6.07 Å². The quantitative estimate of drug-likeness (QED) is 0.508. The second kappa shape index (κ2) is 5.83. The van der Waals surface area contributed by atoms with E-state index in [0.717, 1.165) is 7.11 Å². The van der Waals surface area contributed by atoms with E-state index in [4.69, 9.17) is 5.73 Å². The lowest BCUT2D eigenvalue weighted by molar-refractivity contribution is -0.142. The molecule has 0 aromatic heterocycles. The third-order valence-corrected chi connectivity index (χ3v) is 1.91. The van der Waals surface area contributed by atoms with Gasteiger partial charge in [0.05, 0.1) is 12.7 Å². The van der Waals surface area contributed by atoms with Gasteiger partial charge in [0.1, 0.15) is 6.04 Å². The monoisotopic (exact) mass is 273 g/mol. The van der Waals surface area contributed by atoms with Crippen molar-refractivity contribution in [3.05, 3.63) is 34.9 Å². The van der Waals surface area contributed by atoms with Gasteiger partial charge in [-0.2, -0.15) is 0 Å². The number of halogens is 5. The maximum Gasteiger partial charge on any atom is 0.327 e. The van der Waals surface area contributed by atoms with Crippen LogP contribution >= 0.6 is 12.4 Å². The van der Waals surface area contributed by atoms with E-state index in [-0.39, 0.29) is 18.5 Å². The first-order valence-electron chi connectivity index (χ1n) is 4.06. The summed E-state index contributed by atoms with van der Waals surface area (Å²) in [5.74, 6) is -7.89. The van der Waals surface area contributed by atoms with Gasteiger partial charge in [-0.15, -0.1) is 12.4 Å². The van der Waals surface area contributed by atoms with Gasteiger partial charge in [0.25, 0.3) is 0 Å². The standard InChI is InChI=1S/C9H7F4NO2.ClH/c1-16-9(15)8(14)5-6(12)3(10)2-4(11)7(5)13;/h2,8H,14H2,1H3;1H/t8-;/m1./s1. The lowest BCUT2D eigenvalue weighted by Gasteiger charge is -2.12. The third kappa shape index (κ3) is 2.86. The number of carbonyl (C=O) groups excluding carboxylic acids is 1. The second-order valence-corrected chi connectivity index (χ2v) is 2.88. The molecule has 1 atom stereocenters. The molecule has 0 saturated carbocycles. The van der Waals surface area contributed by atoms with E-state index in [1.165, 1.54) is 0 Å². The van der Waals surface area contributed by atoms with Crippen LogP contribution in [-0.2, 0) is 9.53 Å². The fourth-order valence-electron chi connectivity index (χ4n) is 1.11. The predicted octanol–water partition coefficient (Wildman–Crippen LogP) is 1.84. The van der Waals surface area contributed by atoms with Gasteiger partial charge in [-0.25, -0.2) is 17.6 Å². The molecule has 0 bridgehead atoms. The zero-order chi connectivity index (χ0) is 12.5. The molecule has 1 aromatic carbocycles. The number of methoxy groups -OCH3 is 1. The Balaban J connectivity index is 0.00000256. The number of hydrogen-bond acceptors (Lipinski definition) is 3. The maximum absolute atomic E-state index is 13.1. The Hall–Kier alpha value is -1.34. The van der Waals surface area contributed by atoms with Crippen LogP contribution in [0.25, 0.3) is 0 Å². The second-order valence-electron chi connectivity index (χ2n) is 2.88. The molecule has 0 fully saturated rings. The Labute approximate surface area is 100.0 Å². The minimum absolute atomic E-state index is 0. The highest BCUT2D eigenvalue weighted by atomic mass is 35.5. The largest absolute Gasteiger partial charge is 0.468 e. The van der Waals surface area contributed by atoms with E-state index < -0.39 is 40.8 Å². The Morgan fingerprint density at radius 1 is 1.24 bits per heavy atom. The van der Waals surface area contributed by atoms with Crippen molar-refractivity contribution in [1.29, 1.82) is 0 Å². The summed E-state index contributed by atoms with van der Waals surface area (Å²) in [6.45, 7) is 0. The number of nitrogens with two attached hydrogens (primary N) is 1. The average Bonchev–Trinajstić information content (AvgIpc) is 2.25. The van der Waals surface area contributed by atoms with Crippen molar-refractivity contribution in [2.45, 2.75) is 6.04 Å². The van der Waals surface area contributed by atoms with Crippen LogP contribution in [0.2, 0.25) is 0 Å². The van der Waals surface area contributed by atoms with Gasteiger partial charge in [-0.3, -0.25) is 4.79 Å². The normalized spacial score (nSPS) is 11.6. The zero-order valence-corrected chi connectivity index (χ0v) is 9.29. The highest BCUT2D eigenvalue weighted by Crippen LogP contribution is 2.24. The molecule has 0 spiro atoms. The van der Waals surface area contributed by atoms with Gasteiger partial charge >= 0.3 is 5.97 Å². The van der Waals surface area contributed by atoms with Gasteiger partial charge < -0.3 is 10.5 Å². The van der Waals surface area contributed by atoms with E-state index >= 15 is 0 Å². The molecule has 0 aliphatic rings. The maximum atomic E-state index is 13.1. The van der Waals surface area contributed by atoms with Crippen LogP contribution < -0.4 is 5.73 Å². The molecule has 0 aliphatic heterocycles. The molecule has 3 nitrogen and oxygen atoms in total. The highest BCUT2D eigenvalue weighted by molar-refractivity contribution is 5.85. The fourth-order valence-corrected chi connectivity index (χ4v) is 1.11. The Bertz CT molecular complexity index is 415. The number of ether oxygens (including phenoxy) is 1. The molecule has 96 valence electrons. The molecule has 8 heteroatoms. The van der Waals surface area contributed by atoms with Crippen molar-refractivity contribution in [2.24, 2.45) is 5.73 Å². The molecule has 2 N–H and O–H groups in total. The highest BCUT2D eigenvalue weighted by Gasteiger charge is 2.28. The molecule has 0 radical (unpaired) electrons. The first-order chi connectivity index (χ1) is 7.40. The first kappa shape index (κ1) is 15.7. The van der Waals surface area contributed by atoms with Crippen molar-refractivity contribution in [1.82, 2.24) is 0 Å². The van der Waals surface area contributed by atoms with Crippen molar-refractivity contribution in [3.8, 4) is 0 Å². The van der Waals surface area contributed by atoms with Crippen LogP contribution in [0.3, 0.4) is 0 Å². The van der Waals surface area contributed by atoms with E-state index in [9.17, 15) is 22.4 Å². The Morgan fingerprint density at radius 2 is 1.65 bits per heavy atom. The molecule has 0 amide bonds. The summed E-state index contributed by atoms with van der Waals surface area (Å²) in [6, 6.07) is -1.90. The predicted molar refractivity (Wildman–Crippen MR) is 52.5 cm³/mol. The van der Waals surface area contributed by atoms with Crippen molar-refractivity contribution < 1.29 is 27.1 Å². The number of benzene rings is 1. The smallest absolute Gasteiger partial charge is 0.327 e. The molecule has 17 heavy (non-hydrogen) atoms. The summed E-state index contributed by atoms with van der Waals surface area (Å²) >= 11 is 0. The SMILES string of the molecule is COC(=O)[C@H](N)c1c(F)c(F)cc(F)c1F.Cl. The first-order valence-corrected chi connectivity index (χ1v) is 4.06. The molecular weight excluding hydrogens is 266 g/mol. The van der Waals surface area contributed by atoms with E-state index in [1.807, 2.05) is 0 Å². The zero-order valence-electron chi connectivity index (χ0n) is 8.47. The minimum Gasteiger partial charge on any atom is -0.468 e. The van der Waals surface area contributed by atoms with Gasteiger partial charge in [0.15, 0.2) is 23.3 Å². The summed E-state index contributed by atoms with van der Waals surface area (Å²) in [5.41, 5.74) is 3.91. The summed E-state index contributed by atoms with van der Waals surface area (Å²) in [6.07, 6.45) is 0. The summed E-state index contributed by atoms with van der Waals surface area (Å²) in [4.78, 5) is 10.9. The third-order valence-electron chi connectivity index (χ3n) is 1.91. The summed E-state index contributed by atoms with van der Waals surface area (Å²) < 4.78 is 55.9. The summed E-state index contributed by atoms with van der Waals surface area (Å²) in [5, 5.41) is 0. The molecule has 0 saturated heterocycles. The van der Waals surface area contributed by atoms with Crippen molar-refractivity contribution >= 4 is 18.4 Å². The molecular formula is C9H8ClF4NO2. The van der Waals surface area contributed by atoms with Crippen LogP contribution in [0, 0.1) is 23.3 Å². The lowest BCUT2D eigenvalue weighted by Crippen LogP contribution is -2.26. The average molecular weight is 274 g/mol. The van der Waals surface area contributed by atoms with Crippen molar-refractivity contribution in [3.63, 3.8) is 0 Å².